The fourth-order valence-corrected chi connectivity index (χ4v) is 1.88. The average Bonchev–Trinajstić information content (AvgIpc) is 2.46. The molecule has 2 aromatic rings. The van der Waals surface area contributed by atoms with Crippen LogP contribution in [0.15, 0.2) is 60.7 Å². The molecular weight excluding hydrogens is 238 g/mol. The lowest BCUT2D eigenvalue weighted by Crippen LogP contribution is -2.28. The van der Waals surface area contributed by atoms with Crippen LogP contribution in [-0.2, 0) is 4.74 Å². The van der Waals surface area contributed by atoms with Crippen LogP contribution in [0.1, 0.15) is 28.9 Å². The lowest BCUT2D eigenvalue weighted by Gasteiger charge is -2.21. The molecule has 0 unspecified atom stereocenters. The van der Waals surface area contributed by atoms with E-state index in [0.717, 1.165) is 5.56 Å². The quantitative estimate of drug-likeness (QED) is 0.855. The fourth-order valence-electron chi connectivity index (χ4n) is 1.88. The third kappa shape index (κ3) is 3.42. The molecule has 0 bridgehead atoms. The van der Waals surface area contributed by atoms with E-state index in [0.29, 0.717) is 5.56 Å². The van der Waals surface area contributed by atoms with E-state index in [2.05, 4.69) is 0 Å². The average molecular weight is 255 g/mol. The lowest BCUT2D eigenvalue weighted by molar-refractivity contribution is 0.0246. The van der Waals surface area contributed by atoms with Crippen molar-refractivity contribution in [3.8, 4) is 0 Å². The summed E-state index contributed by atoms with van der Waals surface area (Å²) >= 11 is 0. The van der Waals surface area contributed by atoms with E-state index in [1.807, 2.05) is 43.3 Å². The molecule has 0 aromatic heterocycles. The van der Waals surface area contributed by atoms with Crippen LogP contribution in [-0.4, -0.2) is 12.0 Å². The smallest absolute Gasteiger partial charge is 0.338 e. The van der Waals surface area contributed by atoms with Crippen LogP contribution in [0.2, 0.25) is 0 Å². The second-order valence-corrected chi connectivity index (χ2v) is 4.46. The van der Waals surface area contributed by atoms with Crippen molar-refractivity contribution >= 4 is 5.97 Å². The van der Waals surface area contributed by atoms with Crippen molar-refractivity contribution in [3.63, 3.8) is 0 Å². The molecule has 0 aliphatic heterocycles. The number of ether oxygens (including phenoxy) is 1. The van der Waals surface area contributed by atoms with Crippen LogP contribution >= 0.6 is 0 Å². The Balaban J connectivity index is 2.17. The van der Waals surface area contributed by atoms with E-state index in [1.165, 1.54) is 0 Å². The highest BCUT2D eigenvalue weighted by molar-refractivity contribution is 5.89. The Hall–Kier alpha value is -2.13. The zero-order valence-corrected chi connectivity index (χ0v) is 10.8. The second-order valence-electron chi connectivity index (χ2n) is 4.46. The molecule has 2 N–H and O–H groups in total. The Morgan fingerprint density at radius 3 is 2.05 bits per heavy atom. The van der Waals surface area contributed by atoms with E-state index in [-0.39, 0.29) is 12.0 Å². The van der Waals surface area contributed by atoms with Crippen LogP contribution in [0.4, 0.5) is 0 Å². The van der Waals surface area contributed by atoms with Gasteiger partial charge in [0.15, 0.2) is 0 Å². The molecule has 0 amide bonds. The van der Waals surface area contributed by atoms with Gasteiger partial charge in [0.1, 0.15) is 6.10 Å². The third-order valence-corrected chi connectivity index (χ3v) is 2.85. The molecule has 0 heterocycles. The Bertz CT molecular complexity index is 523. The van der Waals surface area contributed by atoms with E-state index < -0.39 is 6.10 Å². The van der Waals surface area contributed by atoms with E-state index in [1.54, 1.807) is 24.3 Å². The van der Waals surface area contributed by atoms with Gasteiger partial charge >= 0.3 is 5.97 Å². The minimum Gasteiger partial charge on any atom is -0.452 e. The Kier molecular flexibility index (Phi) is 4.31. The Morgan fingerprint density at radius 2 is 1.53 bits per heavy atom. The van der Waals surface area contributed by atoms with Gasteiger partial charge in [-0.1, -0.05) is 48.5 Å². The highest BCUT2D eigenvalue weighted by Gasteiger charge is 2.21. The molecule has 0 spiro atoms. The van der Waals surface area contributed by atoms with Gasteiger partial charge in [-0.05, 0) is 24.6 Å². The van der Waals surface area contributed by atoms with Crippen LogP contribution in [0.3, 0.4) is 0 Å². The molecule has 0 radical (unpaired) electrons. The van der Waals surface area contributed by atoms with Gasteiger partial charge in [0, 0.05) is 6.04 Å². The molecule has 0 aliphatic carbocycles. The second kappa shape index (κ2) is 6.16. The predicted molar refractivity (Wildman–Crippen MR) is 74.7 cm³/mol. The number of carbonyl (C=O) groups excluding carboxylic acids is 1. The molecule has 2 rings (SSSR count). The first-order chi connectivity index (χ1) is 9.18. The molecule has 2 atom stereocenters. The molecule has 3 nitrogen and oxygen atoms in total. The normalized spacial score (nSPS) is 13.6. The first kappa shape index (κ1) is 13.3. The van der Waals surface area contributed by atoms with E-state index in [9.17, 15) is 4.79 Å². The topological polar surface area (TPSA) is 52.3 Å². The summed E-state index contributed by atoms with van der Waals surface area (Å²) in [4.78, 5) is 12.1. The van der Waals surface area contributed by atoms with Crippen LogP contribution in [0, 0.1) is 0 Å². The Morgan fingerprint density at radius 1 is 1.00 bits per heavy atom. The monoisotopic (exact) mass is 255 g/mol. The number of carbonyl (C=O) groups is 1. The minimum atomic E-state index is -0.436. The van der Waals surface area contributed by atoms with Crippen molar-refractivity contribution in [1.29, 1.82) is 0 Å². The van der Waals surface area contributed by atoms with Gasteiger partial charge in [-0.2, -0.15) is 0 Å². The SMILES string of the molecule is C[C@@H](N)[C@H](OC(=O)c1ccccc1)c1ccccc1. The number of hydrogen-bond acceptors (Lipinski definition) is 3. The zero-order valence-electron chi connectivity index (χ0n) is 10.8. The van der Waals surface area contributed by atoms with Gasteiger partial charge in [-0.25, -0.2) is 4.79 Å². The molecule has 0 fully saturated rings. The summed E-state index contributed by atoms with van der Waals surface area (Å²) in [6, 6.07) is 18.2. The van der Waals surface area contributed by atoms with Gasteiger partial charge < -0.3 is 10.5 Å². The fraction of sp³-hybridized carbons (Fsp3) is 0.188. The summed E-state index contributed by atoms with van der Waals surface area (Å²) < 4.78 is 5.52. The number of rotatable bonds is 4. The molecule has 0 saturated heterocycles. The molecule has 0 aliphatic rings. The van der Waals surface area contributed by atoms with Gasteiger partial charge in [0.25, 0.3) is 0 Å². The van der Waals surface area contributed by atoms with Crippen molar-refractivity contribution in [3.05, 3.63) is 71.8 Å². The number of hydrogen-bond donors (Lipinski definition) is 1. The summed E-state index contributed by atoms with van der Waals surface area (Å²) in [5.41, 5.74) is 7.35. The maximum atomic E-state index is 12.1. The third-order valence-electron chi connectivity index (χ3n) is 2.85. The largest absolute Gasteiger partial charge is 0.452 e. The van der Waals surface area contributed by atoms with Crippen molar-refractivity contribution in [2.24, 2.45) is 5.73 Å². The van der Waals surface area contributed by atoms with Crippen LogP contribution in [0.5, 0.6) is 0 Å². The van der Waals surface area contributed by atoms with E-state index in [4.69, 9.17) is 10.5 Å². The maximum Gasteiger partial charge on any atom is 0.338 e. The first-order valence-electron chi connectivity index (χ1n) is 6.25. The van der Waals surface area contributed by atoms with Crippen molar-refractivity contribution in [2.75, 3.05) is 0 Å². The van der Waals surface area contributed by atoms with Crippen LogP contribution < -0.4 is 5.73 Å². The molecule has 98 valence electrons. The van der Waals surface area contributed by atoms with Crippen molar-refractivity contribution in [2.45, 2.75) is 19.1 Å². The molecule has 19 heavy (non-hydrogen) atoms. The van der Waals surface area contributed by atoms with Gasteiger partial charge in [0.05, 0.1) is 5.56 Å². The van der Waals surface area contributed by atoms with Gasteiger partial charge in [0.2, 0.25) is 0 Å². The highest BCUT2D eigenvalue weighted by Crippen LogP contribution is 2.21. The summed E-state index contributed by atoms with van der Waals surface area (Å²) in [5.74, 6) is -0.355. The lowest BCUT2D eigenvalue weighted by atomic mass is 10.0. The predicted octanol–water partition coefficient (Wildman–Crippen LogP) is 2.93. The number of benzene rings is 2. The van der Waals surface area contributed by atoms with Crippen molar-refractivity contribution < 1.29 is 9.53 Å². The zero-order chi connectivity index (χ0) is 13.7. The molecule has 3 heteroatoms. The summed E-state index contributed by atoms with van der Waals surface area (Å²) in [5, 5.41) is 0. The minimum absolute atomic E-state index is 0.268. The summed E-state index contributed by atoms with van der Waals surface area (Å²) in [7, 11) is 0. The number of nitrogens with two attached hydrogens (primary N) is 1. The van der Waals surface area contributed by atoms with Gasteiger partial charge in [-0.3, -0.25) is 0 Å². The number of esters is 1. The molecule has 0 saturated carbocycles. The summed E-state index contributed by atoms with van der Waals surface area (Å²) in [6.45, 7) is 1.83. The standard InChI is InChI=1S/C16H17NO2/c1-12(17)15(13-8-4-2-5-9-13)19-16(18)14-10-6-3-7-11-14/h2-12,15H,17H2,1H3/t12-,15+/m1/s1. The van der Waals surface area contributed by atoms with Crippen molar-refractivity contribution in [1.82, 2.24) is 0 Å². The van der Waals surface area contributed by atoms with E-state index >= 15 is 0 Å². The molecular formula is C16H17NO2. The Labute approximate surface area is 113 Å². The highest BCUT2D eigenvalue weighted by atomic mass is 16.5. The van der Waals surface area contributed by atoms with Crippen LogP contribution in [0.25, 0.3) is 0 Å². The maximum absolute atomic E-state index is 12.1. The summed E-state index contributed by atoms with van der Waals surface area (Å²) in [6.07, 6.45) is -0.436. The molecule has 2 aromatic carbocycles. The van der Waals surface area contributed by atoms with Gasteiger partial charge in [-0.15, -0.1) is 0 Å². The first-order valence-corrected chi connectivity index (χ1v) is 6.25.